The van der Waals surface area contributed by atoms with Crippen LogP contribution >= 0.6 is 23.2 Å². The molecule has 0 amide bonds. The van der Waals surface area contributed by atoms with Gasteiger partial charge in [0.1, 0.15) is 0 Å². The standard InChI is InChI=1S/C12H17Cl2NO2/c1-17-8-11(16)7-15-5-4-9-2-3-10(13)6-12(9)14/h2-3,6,11,15-16H,4-5,7-8H2,1H3. The smallest absolute Gasteiger partial charge is 0.0897 e. The molecule has 3 nitrogen and oxygen atoms in total. The van der Waals surface area contributed by atoms with Gasteiger partial charge in [-0.2, -0.15) is 0 Å². The highest BCUT2D eigenvalue weighted by molar-refractivity contribution is 6.35. The third kappa shape index (κ3) is 5.70. The summed E-state index contributed by atoms with van der Waals surface area (Å²) >= 11 is 11.8. The van der Waals surface area contributed by atoms with E-state index in [1.165, 1.54) is 0 Å². The van der Waals surface area contributed by atoms with Gasteiger partial charge in [0, 0.05) is 23.7 Å². The fourth-order valence-electron chi connectivity index (χ4n) is 1.47. The van der Waals surface area contributed by atoms with E-state index in [1.807, 2.05) is 12.1 Å². The molecule has 1 unspecified atom stereocenters. The zero-order chi connectivity index (χ0) is 12.7. The molecule has 0 fully saturated rings. The summed E-state index contributed by atoms with van der Waals surface area (Å²) < 4.78 is 4.83. The molecule has 0 spiro atoms. The monoisotopic (exact) mass is 277 g/mol. The van der Waals surface area contributed by atoms with Crippen molar-refractivity contribution in [2.75, 3.05) is 26.8 Å². The summed E-state index contributed by atoms with van der Waals surface area (Å²) in [7, 11) is 1.57. The van der Waals surface area contributed by atoms with Gasteiger partial charge in [-0.25, -0.2) is 0 Å². The molecule has 5 heteroatoms. The van der Waals surface area contributed by atoms with Crippen molar-refractivity contribution in [2.24, 2.45) is 0 Å². The van der Waals surface area contributed by atoms with Crippen molar-refractivity contribution in [1.82, 2.24) is 5.32 Å². The van der Waals surface area contributed by atoms with Crippen LogP contribution in [0.4, 0.5) is 0 Å². The molecule has 0 aliphatic carbocycles. The van der Waals surface area contributed by atoms with E-state index in [-0.39, 0.29) is 0 Å². The Morgan fingerprint density at radius 3 is 2.82 bits per heavy atom. The van der Waals surface area contributed by atoms with Crippen LogP contribution in [0.5, 0.6) is 0 Å². The first kappa shape index (κ1) is 14.7. The van der Waals surface area contributed by atoms with Gasteiger partial charge in [-0.1, -0.05) is 29.3 Å². The predicted octanol–water partition coefficient (Wildman–Crippen LogP) is 2.13. The minimum absolute atomic E-state index is 0.342. The van der Waals surface area contributed by atoms with Crippen LogP contribution in [-0.4, -0.2) is 38.0 Å². The third-order valence-electron chi connectivity index (χ3n) is 2.33. The van der Waals surface area contributed by atoms with Crippen molar-refractivity contribution in [3.63, 3.8) is 0 Å². The van der Waals surface area contributed by atoms with Crippen LogP contribution < -0.4 is 5.32 Å². The molecule has 0 bridgehead atoms. The highest BCUT2D eigenvalue weighted by atomic mass is 35.5. The van der Waals surface area contributed by atoms with Gasteiger partial charge in [-0.05, 0) is 30.7 Å². The first-order valence-electron chi connectivity index (χ1n) is 5.45. The molecule has 0 aliphatic rings. The van der Waals surface area contributed by atoms with Gasteiger partial charge in [0.05, 0.1) is 12.7 Å². The summed E-state index contributed by atoms with van der Waals surface area (Å²) in [5.41, 5.74) is 1.05. The Morgan fingerprint density at radius 2 is 2.18 bits per heavy atom. The molecule has 1 aromatic rings. The molecular weight excluding hydrogens is 261 g/mol. The van der Waals surface area contributed by atoms with Crippen molar-refractivity contribution >= 4 is 23.2 Å². The van der Waals surface area contributed by atoms with E-state index in [2.05, 4.69) is 5.32 Å². The minimum Gasteiger partial charge on any atom is -0.389 e. The topological polar surface area (TPSA) is 41.5 Å². The average molecular weight is 278 g/mol. The normalized spacial score (nSPS) is 12.7. The van der Waals surface area contributed by atoms with Crippen molar-refractivity contribution in [3.8, 4) is 0 Å². The lowest BCUT2D eigenvalue weighted by Crippen LogP contribution is -2.31. The summed E-state index contributed by atoms with van der Waals surface area (Å²) in [6.45, 7) is 1.61. The SMILES string of the molecule is COCC(O)CNCCc1ccc(Cl)cc1Cl. The maximum Gasteiger partial charge on any atom is 0.0897 e. The summed E-state index contributed by atoms with van der Waals surface area (Å²) in [6.07, 6.45) is 0.330. The molecule has 96 valence electrons. The highest BCUT2D eigenvalue weighted by Crippen LogP contribution is 2.20. The van der Waals surface area contributed by atoms with E-state index in [9.17, 15) is 5.11 Å². The molecule has 17 heavy (non-hydrogen) atoms. The average Bonchev–Trinajstić information content (AvgIpc) is 2.27. The van der Waals surface area contributed by atoms with Crippen molar-refractivity contribution in [2.45, 2.75) is 12.5 Å². The fourth-order valence-corrected chi connectivity index (χ4v) is 1.97. The number of methoxy groups -OCH3 is 1. The van der Waals surface area contributed by atoms with Crippen LogP contribution in [0.3, 0.4) is 0 Å². The predicted molar refractivity (Wildman–Crippen MR) is 70.9 cm³/mol. The summed E-state index contributed by atoms with van der Waals surface area (Å²) in [4.78, 5) is 0. The van der Waals surface area contributed by atoms with Crippen molar-refractivity contribution < 1.29 is 9.84 Å². The first-order chi connectivity index (χ1) is 8.13. The Kier molecular flexibility index (Phi) is 6.85. The molecule has 1 aromatic carbocycles. The molecule has 1 rings (SSSR count). The molecule has 1 atom stereocenters. The van der Waals surface area contributed by atoms with Gasteiger partial charge in [0.25, 0.3) is 0 Å². The van der Waals surface area contributed by atoms with Gasteiger partial charge in [0.2, 0.25) is 0 Å². The lowest BCUT2D eigenvalue weighted by atomic mass is 10.1. The van der Waals surface area contributed by atoms with Crippen LogP contribution in [0.1, 0.15) is 5.56 Å². The zero-order valence-corrected chi connectivity index (χ0v) is 11.3. The maximum absolute atomic E-state index is 9.41. The number of aliphatic hydroxyl groups is 1. The quantitative estimate of drug-likeness (QED) is 0.751. The zero-order valence-electron chi connectivity index (χ0n) is 9.75. The first-order valence-corrected chi connectivity index (χ1v) is 6.20. The number of aliphatic hydroxyl groups excluding tert-OH is 1. The van der Waals surface area contributed by atoms with E-state index < -0.39 is 6.10 Å². The Hall–Kier alpha value is -0.320. The Labute approximate surface area is 112 Å². The van der Waals surface area contributed by atoms with Gasteiger partial charge in [-0.15, -0.1) is 0 Å². The second-order valence-electron chi connectivity index (χ2n) is 3.80. The van der Waals surface area contributed by atoms with Crippen LogP contribution in [-0.2, 0) is 11.2 Å². The molecule has 2 N–H and O–H groups in total. The number of rotatable bonds is 7. The Morgan fingerprint density at radius 1 is 1.41 bits per heavy atom. The van der Waals surface area contributed by atoms with Crippen LogP contribution in [0.15, 0.2) is 18.2 Å². The molecular formula is C12H17Cl2NO2. The van der Waals surface area contributed by atoms with Gasteiger partial charge in [-0.3, -0.25) is 0 Å². The molecule has 0 saturated heterocycles. The number of halogens is 2. The number of nitrogens with one attached hydrogen (secondary N) is 1. The van der Waals surface area contributed by atoms with Crippen LogP contribution in [0, 0.1) is 0 Å². The second kappa shape index (κ2) is 7.90. The molecule has 0 radical (unpaired) electrons. The van der Waals surface area contributed by atoms with Crippen molar-refractivity contribution in [1.29, 1.82) is 0 Å². The third-order valence-corrected chi connectivity index (χ3v) is 2.91. The highest BCUT2D eigenvalue weighted by Gasteiger charge is 2.03. The lowest BCUT2D eigenvalue weighted by Gasteiger charge is -2.11. The van der Waals surface area contributed by atoms with Crippen molar-refractivity contribution in [3.05, 3.63) is 33.8 Å². The summed E-state index contributed by atoms with van der Waals surface area (Å²) in [5.74, 6) is 0. The van der Waals surface area contributed by atoms with E-state index >= 15 is 0 Å². The fraction of sp³-hybridized carbons (Fsp3) is 0.500. The Balaban J connectivity index is 2.26. The summed E-state index contributed by atoms with van der Waals surface area (Å²) in [5, 5.41) is 13.9. The number of hydrogen-bond acceptors (Lipinski definition) is 3. The largest absolute Gasteiger partial charge is 0.389 e. The second-order valence-corrected chi connectivity index (χ2v) is 4.64. The maximum atomic E-state index is 9.41. The molecule has 0 heterocycles. The van der Waals surface area contributed by atoms with Gasteiger partial charge in [0.15, 0.2) is 0 Å². The lowest BCUT2D eigenvalue weighted by molar-refractivity contribution is 0.0648. The van der Waals surface area contributed by atoms with E-state index in [4.69, 9.17) is 27.9 Å². The van der Waals surface area contributed by atoms with E-state index in [1.54, 1.807) is 13.2 Å². The Bertz CT molecular complexity index is 347. The van der Waals surface area contributed by atoms with Gasteiger partial charge >= 0.3 is 0 Å². The molecule has 0 saturated carbocycles. The number of ether oxygens (including phenoxy) is 1. The van der Waals surface area contributed by atoms with E-state index in [0.717, 1.165) is 18.5 Å². The van der Waals surface area contributed by atoms with Gasteiger partial charge < -0.3 is 15.2 Å². The van der Waals surface area contributed by atoms with E-state index in [0.29, 0.717) is 23.2 Å². The van der Waals surface area contributed by atoms with Crippen LogP contribution in [0.25, 0.3) is 0 Å². The molecule has 0 aromatic heterocycles. The number of hydrogen-bond donors (Lipinski definition) is 2. The summed E-state index contributed by atoms with van der Waals surface area (Å²) in [6, 6.07) is 5.47. The molecule has 0 aliphatic heterocycles. The minimum atomic E-state index is -0.472. The number of benzene rings is 1. The van der Waals surface area contributed by atoms with Crippen LogP contribution in [0.2, 0.25) is 10.0 Å².